The van der Waals surface area contributed by atoms with Crippen molar-refractivity contribution in [1.29, 1.82) is 0 Å². The molecule has 4 heterocycles. The molecule has 2 saturated heterocycles. The minimum Gasteiger partial charge on any atom is -0.339 e. The Morgan fingerprint density at radius 1 is 1.15 bits per heavy atom. The van der Waals surface area contributed by atoms with Gasteiger partial charge in [0.15, 0.2) is 0 Å². The molecule has 0 spiro atoms. The van der Waals surface area contributed by atoms with Crippen LogP contribution in [0.15, 0.2) is 29.6 Å². The Morgan fingerprint density at radius 3 is 2.70 bits per heavy atom. The number of amides is 1. The maximum atomic E-state index is 14.1. The zero-order valence-electron chi connectivity index (χ0n) is 19.1. The number of benzene rings is 1. The van der Waals surface area contributed by atoms with E-state index in [1.54, 1.807) is 17.4 Å². The summed E-state index contributed by atoms with van der Waals surface area (Å²) in [7, 11) is 1.90. The number of fused-ring (bicyclic) bond motifs is 3. The van der Waals surface area contributed by atoms with Crippen molar-refractivity contribution in [1.82, 2.24) is 20.2 Å². The first-order chi connectivity index (χ1) is 16.0. The second-order valence-electron chi connectivity index (χ2n) is 9.97. The topological polar surface area (TPSA) is 58.1 Å². The SMILES string of the molecule is Cc1nc(C2CC2c2ccc(C(=O)N(C)C3CC4CCC(C3)N4)cc2CF)c2ccsc2n1. The van der Waals surface area contributed by atoms with Crippen molar-refractivity contribution in [2.45, 2.75) is 75.7 Å². The van der Waals surface area contributed by atoms with Crippen LogP contribution in [0.4, 0.5) is 4.39 Å². The largest absolute Gasteiger partial charge is 0.339 e. The van der Waals surface area contributed by atoms with Gasteiger partial charge in [-0.15, -0.1) is 11.3 Å². The predicted octanol–water partition coefficient (Wildman–Crippen LogP) is 5.10. The van der Waals surface area contributed by atoms with E-state index in [-0.39, 0.29) is 23.8 Å². The number of carbonyl (C=O) groups excluding carboxylic acids is 1. The van der Waals surface area contributed by atoms with Crippen LogP contribution in [0.5, 0.6) is 0 Å². The van der Waals surface area contributed by atoms with E-state index in [0.717, 1.165) is 46.6 Å². The van der Waals surface area contributed by atoms with E-state index in [1.807, 2.05) is 31.0 Å². The number of carbonyl (C=O) groups is 1. The van der Waals surface area contributed by atoms with E-state index in [4.69, 9.17) is 4.98 Å². The van der Waals surface area contributed by atoms with Crippen LogP contribution in [0.1, 0.15) is 76.9 Å². The van der Waals surface area contributed by atoms with Gasteiger partial charge in [0.1, 0.15) is 17.3 Å². The van der Waals surface area contributed by atoms with E-state index in [1.165, 1.54) is 12.8 Å². The lowest BCUT2D eigenvalue weighted by Crippen LogP contribution is -2.48. The molecule has 3 aromatic rings. The van der Waals surface area contributed by atoms with Crippen LogP contribution >= 0.6 is 11.3 Å². The molecule has 2 bridgehead atoms. The zero-order chi connectivity index (χ0) is 22.7. The number of aromatic nitrogens is 2. The summed E-state index contributed by atoms with van der Waals surface area (Å²) in [5.41, 5.74) is 3.32. The van der Waals surface area contributed by atoms with Gasteiger partial charge in [-0.3, -0.25) is 4.79 Å². The lowest BCUT2D eigenvalue weighted by atomic mass is 9.96. The molecule has 2 aromatic heterocycles. The van der Waals surface area contributed by atoms with Crippen molar-refractivity contribution in [2.24, 2.45) is 0 Å². The molecular formula is C26H29FN4OS. The number of alkyl halides is 1. The number of aryl methyl sites for hydroxylation is 1. The van der Waals surface area contributed by atoms with Gasteiger partial charge in [-0.2, -0.15) is 0 Å². The number of rotatable bonds is 5. The molecule has 3 aliphatic rings. The quantitative estimate of drug-likeness (QED) is 0.571. The first-order valence-corrected chi connectivity index (χ1v) is 12.8. The molecule has 2 aliphatic heterocycles. The predicted molar refractivity (Wildman–Crippen MR) is 129 cm³/mol. The van der Waals surface area contributed by atoms with Gasteiger partial charge >= 0.3 is 0 Å². The van der Waals surface area contributed by atoms with Crippen LogP contribution < -0.4 is 5.32 Å². The maximum absolute atomic E-state index is 14.1. The molecule has 1 aliphatic carbocycles. The van der Waals surface area contributed by atoms with Gasteiger partial charge in [0.25, 0.3) is 5.91 Å². The van der Waals surface area contributed by atoms with Crippen LogP contribution in [-0.2, 0) is 6.67 Å². The molecule has 1 saturated carbocycles. The second kappa shape index (κ2) is 8.13. The van der Waals surface area contributed by atoms with Crippen LogP contribution in [0.3, 0.4) is 0 Å². The number of piperidine rings is 1. The summed E-state index contributed by atoms with van der Waals surface area (Å²) in [4.78, 5) is 25.4. The van der Waals surface area contributed by atoms with Gasteiger partial charge in [0.05, 0.1) is 5.69 Å². The molecule has 1 N–H and O–H groups in total. The number of nitrogens with one attached hydrogen (secondary N) is 1. The van der Waals surface area contributed by atoms with Crippen molar-refractivity contribution in [2.75, 3.05) is 7.05 Å². The number of hydrogen-bond donors (Lipinski definition) is 1. The van der Waals surface area contributed by atoms with E-state index >= 15 is 0 Å². The average Bonchev–Trinajstić information content (AvgIpc) is 3.35. The Balaban J connectivity index is 1.23. The highest BCUT2D eigenvalue weighted by atomic mass is 32.1. The molecule has 6 rings (SSSR count). The summed E-state index contributed by atoms with van der Waals surface area (Å²) in [5.74, 6) is 1.31. The van der Waals surface area contributed by atoms with E-state index < -0.39 is 6.67 Å². The number of nitrogens with zero attached hydrogens (tertiary/aromatic N) is 3. The van der Waals surface area contributed by atoms with Gasteiger partial charge in [0, 0.05) is 42.0 Å². The van der Waals surface area contributed by atoms with Crippen molar-refractivity contribution in [3.63, 3.8) is 0 Å². The van der Waals surface area contributed by atoms with E-state index in [9.17, 15) is 9.18 Å². The third-order valence-corrected chi connectivity index (χ3v) is 8.66. The average molecular weight is 465 g/mol. The number of halogens is 1. The van der Waals surface area contributed by atoms with Crippen molar-refractivity contribution in [3.05, 3.63) is 57.9 Å². The summed E-state index contributed by atoms with van der Waals surface area (Å²) >= 11 is 1.63. The van der Waals surface area contributed by atoms with Crippen LogP contribution in [0.2, 0.25) is 0 Å². The smallest absolute Gasteiger partial charge is 0.253 e. The molecule has 1 aromatic carbocycles. The third kappa shape index (κ3) is 3.75. The van der Waals surface area contributed by atoms with Crippen LogP contribution in [0, 0.1) is 6.92 Å². The summed E-state index contributed by atoms with van der Waals surface area (Å²) in [6, 6.07) is 9.05. The number of thiophene rings is 1. The summed E-state index contributed by atoms with van der Waals surface area (Å²) in [6.07, 6.45) is 5.38. The Bertz CT molecular complexity index is 1210. The lowest BCUT2D eigenvalue weighted by Gasteiger charge is -2.35. The minimum atomic E-state index is -0.558. The van der Waals surface area contributed by atoms with Crippen molar-refractivity contribution < 1.29 is 9.18 Å². The highest BCUT2D eigenvalue weighted by Gasteiger charge is 2.43. The summed E-state index contributed by atoms with van der Waals surface area (Å²) in [5, 5.41) is 6.80. The fraction of sp³-hybridized carbons (Fsp3) is 0.500. The molecule has 7 heteroatoms. The fourth-order valence-electron chi connectivity index (χ4n) is 6.04. The van der Waals surface area contributed by atoms with Gasteiger partial charge < -0.3 is 10.2 Å². The molecular weight excluding hydrogens is 435 g/mol. The molecule has 0 radical (unpaired) electrons. The van der Waals surface area contributed by atoms with E-state index in [0.29, 0.717) is 23.2 Å². The highest BCUT2D eigenvalue weighted by molar-refractivity contribution is 7.16. The molecule has 4 atom stereocenters. The Labute approximate surface area is 197 Å². The van der Waals surface area contributed by atoms with Gasteiger partial charge in [-0.1, -0.05) is 6.07 Å². The van der Waals surface area contributed by atoms with Gasteiger partial charge in [-0.25, -0.2) is 14.4 Å². The standard InChI is InChI=1S/C26H29FN4OS/c1-14-28-24(21-7-8-33-25(21)29-14)23-12-22(23)20-6-3-15(9-16(20)13-27)26(32)31(2)19-10-17-4-5-18(11-19)30-17/h3,6-9,17-19,22-23,30H,4-5,10-13H2,1-2H3. The molecule has 3 fully saturated rings. The molecule has 172 valence electrons. The monoisotopic (exact) mass is 464 g/mol. The van der Waals surface area contributed by atoms with Gasteiger partial charge in [0.2, 0.25) is 0 Å². The third-order valence-electron chi connectivity index (χ3n) is 7.86. The number of hydrogen-bond acceptors (Lipinski definition) is 5. The first kappa shape index (κ1) is 21.2. The van der Waals surface area contributed by atoms with Crippen LogP contribution in [-0.4, -0.2) is 45.9 Å². The summed E-state index contributed by atoms with van der Waals surface area (Å²) < 4.78 is 14.1. The minimum absolute atomic E-state index is 0.00121. The van der Waals surface area contributed by atoms with Gasteiger partial charge in [-0.05, 0) is 79.7 Å². The molecule has 33 heavy (non-hydrogen) atoms. The Morgan fingerprint density at radius 2 is 1.94 bits per heavy atom. The molecule has 4 unspecified atom stereocenters. The summed E-state index contributed by atoms with van der Waals surface area (Å²) in [6.45, 7) is 1.37. The van der Waals surface area contributed by atoms with Crippen molar-refractivity contribution >= 4 is 27.5 Å². The first-order valence-electron chi connectivity index (χ1n) is 12.0. The molecule has 5 nitrogen and oxygen atoms in total. The van der Waals surface area contributed by atoms with E-state index in [2.05, 4.69) is 21.7 Å². The van der Waals surface area contributed by atoms with Crippen LogP contribution in [0.25, 0.3) is 10.2 Å². The zero-order valence-corrected chi connectivity index (χ0v) is 19.9. The Hall–Kier alpha value is -2.38. The Kier molecular flexibility index (Phi) is 5.22. The fourth-order valence-corrected chi connectivity index (χ4v) is 6.86. The normalized spacial score (nSPS) is 28.3. The maximum Gasteiger partial charge on any atom is 0.253 e. The van der Waals surface area contributed by atoms with Crippen molar-refractivity contribution in [3.8, 4) is 0 Å². The molecule has 1 amide bonds. The lowest BCUT2D eigenvalue weighted by molar-refractivity contribution is 0.0681. The highest BCUT2D eigenvalue weighted by Crippen LogP contribution is 2.56. The second-order valence-corrected chi connectivity index (χ2v) is 10.9.